The van der Waals surface area contributed by atoms with Crippen LogP contribution < -0.4 is 5.32 Å². The highest BCUT2D eigenvalue weighted by Gasteiger charge is 2.31. The van der Waals surface area contributed by atoms with Crippen LogP contribution in [-0.2, 0) is 11.2 Å². The van der Waals surface area contributed by atoms with Crippen LogP contribution in [0.15, 0.2) is 24.3 Å². The molecule has 0 aliphatic carbocycles. The van der Waals surface area contributed by atoms with Crippen molar-refractivity contribution in [1.29, 1.82) is 0 Å². The molecule has 5 nitrogen and oxygen atoms in total. The van der Waals surface area contributed by atoms with Gasteiger partial charge in [-0.1, -0.05) is 52.0 Å². The largest absolute Gasteiger partial charge is 0.339 e. The number of piperazine rings is 1. The number of hydrogen-bond donors (Lipinski definition) is 1. The number of hydrogen-bond acceptors (Lipinski definition) is 2. The number of urea groups is 1. The molecule has 1 N–H and O–H groups in total. The van der Waals surface area contributed by atoms with E-state index >= 15 is 0 Å². The van der Waals surface area contributed by atoms with E-state index in [1.165, 1.54) is 5.56 Å². The van der Waals surface area contributed by atoms with Crippen LogP contribution in [0.3, 0.4) is 0 Å². The number of amides is 3. The van der Waals surface area contributed by atoms with Crippen molar-refractivity contribution in [3.8, 4) is 0 Å². The van der Waals surface area contributed by atoms with Crippen LogP contribution in [0.4, 0.5) is 4.79 Å². The third-order valence-electron chi connectivity index (χ3n) is 4.72. The lowest BCUT2D eigenvalue weighted by atomic mass is 9.94. The lowest BCUT2D eigenvalue weighted by Gasteiger charge is -2.38. The number of benzene rings is 1. The maximum Gasteiger partial charge on any atom is 0.317 e. The summed E-state index contributed by atoms with van der Waals surface area (Å²) in [6.45, 7) is 12.3. The van der Waals surface area contributed by atoms with E-state index in [0.29, 0.717) is 26.2 Å². The lowest BCUT2D eigenvalue weighted by molar-refractivity contribution is -0.140. The Balaban J connectivity index is 1.86. The molecule has 2 rings (SSSR count). The summed E-state index contributed by atoms with van der Waals surface area (Å²) in [5, 5.41) is 3.06. The monoisotopic (exact) mass is 345 g/mol. The van der Waals surface area contributed by atoms with Crippen molar-refractivity contribution in [1.82, 2.24) is 15.1 Å². The summed E-state index contributed by atoms with van der Waals surface area (Å²) in [6.07, 6.45) is 1.01. The number of carbonyl (C=O) groups excluding carboxylic acids is 2. The fourth-order valence-corrected chi connectivity index (χ4v) is 2.99. The normalized spacial score (nSPS) is 16.5. The van der Waals surface area contributed by atoms with E-state index in [0.717, 1.165) is 12.0 Å². The zero-order valence-corrected chi connectivity index (χ0v) is 16.1. The van der Waals surface area contributed by atoms with Crippen LogP contribution in [0.5, 0.6) is 0 Å². The molecule has 1 unspecified atom stereocenters. The van der Waals surface area contributed by atoms with Crippen molar-refractivity contribution < 1.29 is 9.59 Å². The highest BCUT2D eigenvalue weighted by Crippen LogP contribution is 2.19. The van der Waals surface area contributed by atoms with Crippen LogP contribution in [0.2, 0.25) is 0 Å². The van der Waals surface area contributed by atoms with Crippen LogP contribution in [-0.4, -0.2) is 47.9 Å². The van der Waals surface area contributed by atoms with Gasteiger partial charge in [0.15, 0.2) is 0 Å². The van der Waals surface area contributed by atoms with Gasteiger partial charge in [-0.2, -0.15) is 0 Å². The molecule has 0 spiro atoms. The number of nitrogens with one attached hydrogen (secondary N) is 1. The molecule has 1 heterocycles. The van der Waals surface area contributed by atoms with Gasteiger partial charge < -0.3 is 15.1 Å². The van der Waals surface area contributed by atoms with Gasteiger partial charge >= 0.3 is 6.03 Å². The second kappa shape index (κ2) is 7.89. The minimum atomic E-state index is -0.371. The Labute approximate surface area is 151 Å². The lowest BCUT2D eigenvalue weighted by Crippen LogP contribution is -2.55. The molecule has 138 valence electrons. The minimum Gasteiger partial charge on any atom is -0.339 e. The Kier molecular flexibility index (Phi) is 6.09. The minimum absolute atomic E-state index is 0.0346. The van der Waals surface area contributed by atoms with Crippen LogP contribution in [0, 0.1) is 5.41 Å². The Hall–Kier alpha value is -2.04. The average molecular weight is 345 g/mol. The van der Waals surface area contributed by atoms with Gasteiger partial charge in [-0.15, -0.1) is 0 Å². The van der Waals surface area contributed by atoms with E-state index in [-0.39, 0.29) is 23.4 Å². The van der Waals surface area contributed by atoms with Gasteiger partial charge in [0, 0.05) is 31.6 Å². The second-order valence-electron chi connectivity index (χ2n) is 7.80. The molecule has 0 aromatic heterocycles. The number of rotatable bonds is 3. The third-order valence-corrected chi connectivity index (χ3v) is 4.72. The Bertz CT molecular complexity index is 596. The van der Waals surface area contributed by atoms with E-state index in [1.54, 1.807) is 4.90 Å². The molecule has 1 aromatic rings. The first-order valence-electron chi connectivity index (χ1n) is 9.16. The number of aryl methyl sites for hydroxylation is 1. The first-order valence-corrected chi connectivity index (χ1v) is 9.16. The molecule has 1 fully saturated rings. The zero-order valence-electron chi connectivity index (χ0n) is 16.1. The fraction of sp³-hybridized carbons (Fsp3) is 0.600. The molecule has 1 saturated heterocycles. The van der Waals surface area contributed by atoms with Gasteiger partial charge in [0.1, 0.15) is 0 Å². The van der Waals surface area contributed by atoms with E-state index in [9.17, 15) is 9.59 Å². The zero-order chi connectivity index (χ0) is 18.6. The Morgan fingerprint density at radius 3 is 2.04 bits per heavy atom. The van der Waals surface area contributed by atoms with Crippen molar-refractivity contribution in [2.75, 3.05) is 26.2 Å². The molecule has 0 saturated carbocycles. The summed E-state index contributed by atoms with van der Waals surface area (Å²) in [5.41, 5.74) is 2.03. The van der Waals surface area contributed by atoms with Crippen molar-refractivity contribution in [3.05, 3.63) is 35.4 Å². The van der Waals surface area contributed by atoms with Crippen LogP contribution >= 0.6 is 0 Å². The molecule has 1 aliphatic rings. The predicted octanol–water partition coefficient (Wildman–Crippen LogP) is 3.21. The summed E-state index contributed by atoms with van der Waals surface area (Å²) in [6, 6.07) is 8.26. The fourth-order valence-electron chi connectivity index (χ4n) is 2.99. The maximum absolute atomic E-state index is 12.5. The molecular formula is C20H31N3O2. The average Bonchev–Trinajstić information content (AvgIpc) is 2.60. The summed E-state index contributed by atoms with van der Waals surface area (Å²) in [4.78, 5) is 28.5. The van der Waals surface area contributed by atoms with Gasteiger partial charge in [-0.3, -0.25) is 4.79 Å². The van der Waals surface area contributed by atoms with Crippen LogP contribution in [0.1, 0.15) is 51.8 Å². The Morgan fingerprint density at radius 1 is 1.04 bits per heavy atom. The first kappa shape index (κ1) is 19.3. The summed E-state index contributed by atoms with van der Waals surface area (Å²) < 4.78 is 0. The summed E-state index contributed by atoms with van der Waals surface area (Å²) >= 11 is 0. The maximum atomic E-state index is 12.5. The highest BCUT2D eigenvalue weighted by molar-refractivity contribution is 5.82. The standard InChI is InChI=1S/C20H31N3O2/c1-6-16-7-9-17(10-8-16)15(2)21-19(25)23-13-11-22(12-14-23)18(24)20(3,4)5/h7-10,15H,6,11-14H2,1-5H3,(H,21,25). The molecule has 25 heavy (non-hydrogen) atoms. The van der Waals surface area contributed by atoms with Crippen molar-refractivity contribution in [2.45, 2.75) is 47.1 Å². The highest BCUT2D eigenvalue weighted by atomic mass is 16.2. The first-order chi connectivity index (χ1) is 11.7. The molecule has 5 heteroatoms. The van der Waals surface area contributed by atoms with Gasteiger partial charge in [-0.05, 0) is 24.5 Å². The van der Waals surface area contributed by atoms with Crippen molar-refractivity contribution in [3.63, 3.8) is 0 Å². The topological polar surface area (TPSA) is 52.7 Å². The van der Waals surface area contributed by atoms with Crippen LogP contribution in [0.25, 0.3) is 0 Å². The molecule has 0 bridgehead atoms. The molecule has 1 aromatic carbocycles. The number of carbonyl (C=O) groups is 2. The molecule has 3 amide bonds. The van der Waals surface area contributed by atoms with E-state index in [1.807, 2.05) is 32.6 Å². The van der Waals surface area contributed by atoms with Gasteiger partial charge in [0.05, 0.1) is 6.04 Å². The quantitative estimate of drug-likeness (QED) is 0.914. The van der Waals surface area contributed by atoms with Crippen molar-refractivity contribution >= 4 is 11.9 Å². The smallest absolute Gasteiger partial charge is 0.317 e. The van der Waals surface area contributed by atoms with E-state index in [2.05, 4.69) is 36.5 Å². The number of nitrogens with zero attached hydrogens (tertiary/aromatic N) is 2. The molecular weight excluding hydrogens is 314 g/mol. The molecule has 1 atom stereocenters. The summed E-state index contributed by atoms with van der Waals surface area (Å²) in [5.74, 6) is 0.150. The SMILES string of the molecule is CCc1ccc(C(C)NC(=O)N2CCN(C(=O)C(C)(C)C)CC2)cc1. The van der Waals surface area contributed by atoms with Gasteiger partial charge in [0.2, 0.25) is 5.91 Å². The molecule has 0 radical (unpaired) electrons. The molecule has 1 aliphatic heterocycles. The second-order valence-corrected chi connectivity index (χ2v) is 7.80. The third kappa shape index (κ3) is 4.97. The Morgan fingerprint density at radius 2 is 1.56 bits per heavy atom. The van der Waals surface area contributed by atoms with Gasteiger partial charge in [-0.25, -0.2) is 4.79 Å². The van der Waals surface area contributed by atoms with E-state index < -0.39 is 0 Å². The van der Waals surface area contributed by atoms with E-state index in [4.69, 9.17) is 0 Å². The van der Waals surface area contributed by atoms with Gasteiger partial charge in [0.25, 0.3) is 0 Å². The van der Waals surface area contributed by atoms with Crippen molar-refractivity contribution in [2.24, 2.45) is 5.41 Å². The summed E-state index contributed by atoms with van der Waals surface area (Å²) in [7, 11) is 0. The predicted molar refractivity (Wildman–Crippen MR) is 100 cm³/mol.